The summed E-state index contributed by atoms with van der Waals surface area (Å²) in [6.45, 7) is 6.01. The topological polar surface area (TPSA) is 43.1 Å². The average Bonchev–Trinajstić information content (AvgIpc) is 2.28. The van der Waals surface area contributed by atoms with Gasteiger partial charge in [0.05, 0.1) is 0 Å². The molecule has 2 unspecified atom stereocenters. The molecule has 0 spiro atoms. The van der Waals surface area contributed by atoms with Crippen LogP contribution in [0.15, 0.2) is 24.3 Å². The van der Waals surface area contributed by atoms with Crippen molar-refractivity contribution in [2.45, 2.75) is 46.1 Å². The van der Waals surface area contributed by atoms with E-state index in [-0.39, 0.29) is 17.7 Å². The predicted molar refractivity (Wildman–Crippen MR) is 72.2 cm³/mol. The van der Waals surface area contributed by atoms with Crippen molar-refractivity contribution in [3.05, 3.63) is 35.4 Å². The van der Waals surface area contributed by atoms with E-state index >= 15 is 0 Å². The van der Waals surface area contributed by atoms with Crippen molar-refractivity contribution in [3.63, 3.8) is 0 Å². The van der Waals surface area contributed by atoms with E-state index in [0.29, 0.717) is 0 Å². The van der Waals surface area contributed by atoms with Crippen LogP contribution in [0.4, 0.5) is 0 Å². The van der Waals surface area contributed by atoms with Gasteiger partial charge in [0.2, 0.25) is 0 Å². The lowest BCUT2D eigenvalue weighted by Crippen LogP contribution is -2.17. The van der Waals surface area contributed by atoms with Gasteiger partial charge in [0.1, 0.15) is 0 Å². The van der Waals surface area contributed by atoms with Gasteiger partial charge in [-0.1, -0.05) is 37.6 Å². The maximum Gasteiger partial charge on any atom is 0.165 e. The van der Waals surface area contributed by atoms with Gasteiger partial charge in [0, 0.05) is 17.5 Å². The van der Waals surface area contributed by atoms with Crippen LogP contribution >= 0.6 is 0 Å². The van der Waals surface area contributed by atoms with Crippen molar-refractivity contribution < 1.29 is 4.79 Å². The van der Waals surface area contributed by atoms with Crippen LogP contribution in [-0.2, 0) is 0 Å². The van der Waals surface area contributed by atoms with Gasteiger partial charge in [-0.25, -0.2) is 0 Å². The van der Waals surface area contributed by atoms with Gasteiger partial charge in [-0.15, -0.1) is 0 Å². The Kier molecular flexibility index (Phi) is 5.36. The molecule has 1 aromatic rings. The van der Waals surface area contributed by atoms with E-state index in [0.717, 1.165) is 30.4 Å². The summed E-state index contributed by atoms with van der Waals surface area (Å²) in [6.07, 6.45) is 2.94. The van der Waals surface area contributed by atoms with E-state index in [4.69, 9.17) is 5.73 Å². The molecular formula is C15H23NO. The van der Waals surface area contributed by atoms with E-state index in [2.05, 4.69) is 0 Å². The minimum Gasteiger partial charge on any atom is -0.328 e. The molecule has 0 aliphatic carbocycles. The molecule has 2 atom stereocenters. The van der Waals surface area contributed by atoms with Crippen LogP contribution in [0, 0.1) is 12.8 Å². The Bertz CT molecular complexity index is 371. The van der Waals surface area contributed by atoms with Crippen LogP contribution in [0.25, 0.3) is 0 Å². The number of hydrogen-bond acceptors (Lipinski definition) is 2. The number of ketones is 1. The molecule has 94 valence electrons. The Hall–Kier alpha value is -1.15. The highest BCUT2D eigenvalue weighted by molar-refractivity contribution is 5.98. The molecule has 0 saturated heterocycles. The highest BCUT2D eigenvalue weighted by atomic mass is 16.1. The molecule has 2 N–H and O–H groups in total. The van der Waals surface area contributed by atoms with Gasteiger partial charge in [0.25, 0.3) is 0 Å². The van der Waals surface area contributed by atoms with Crippen molar-refractivity contribution in [1.82, 2.24) is 0 Å². The summed E-state index contributed by atoms with van der Waals surface area (Å²) in [6, 6.07) is 8.03. The second-order valence-corrected chi connectivity index (χ2v) is 4.99. The van der Waals surface area contributed by atoms with E-state index < -0.39 is 0 Å². The first-order valence-electron chi connectivity index (χ1n) is 6.37. The monoisotopic (exact) mass is 233 g/mol. The molecule has 2 nitrogen and oxygen atoms in total. The minimum atomic E-state index is 0.0925. The van der Waals surface area contributed by atoms with Crippen LogP contribution in [0.5, 0.6) is 0 Å². The lowest BCUT2D eigenvalue weighted by Gasteiger charge is -2.12. The molecule has 1 aromatic carbocycles. The third kappa shape index (κ3) is 4.31. The number of benzene rings is 1. The van der Waals surface area contributed by atoms with E-state index in [1.54, 1.807) is 0 Å². The molecule has 0 radical (unpaired) electrons. The normalized spacial score (nSPS) is 14.4. The number of hydrogen-bond donors (Lipinski definition) is 1. The van der Waals surface area contributed by atoms with Crippen LogP contribution in [-0.4, -0.2) is 11.8 Å². The fraction of sp³-hybridized carbons (Fsp3) is 0.533. The van der Waals surface area contributed by atoms with E-state index in [9.17, 15) is 4.79 Å². The molecule has 1 rings (SSSR count). The maximum atomic E-state index is 12.2. The second kappa shape index (κ2) is 6.55. The molecule has 0 aromatic heterocycles. The molecule has 0 saturated carbocycles. The second-order valence-electron chi connectivity index (χ2n) is 4.99. The Morgan fingerprint density at radius 2 is 1.88 bits per heavy atom. The Morgan fingerprint density at radius 1 is 1.24 bits per heavy atom. The first-order valence-corrected chi connectivity index (χ1v) is 6.37. The molecule has 0 aliphatic heterocycles. The number of nitrogens with two attached hydrogens (primary N) is 1. The number of rotatable bonds is 6. The average molecular weight is 233 g/mol. The molecule has 0 heterocycles. The fourth-order valence-electron chi connectivity index (χ4n) is 1.99. The van der Waals surface area contributed by atoms with Crippen molar-refractivity contribution in [2.24, 2.45) is 11.7 Å². The zero-order valence-corrected chi connectivity index (χ0v) is 11.1. The van der Waals surface area contributed by atoms with E-state index in [1.165, 1.54) is 0 Å². The highest BCUT2D eigenvalue weighted by Crippen LogP contribution is 2.17. The first kappa shape index (κ1) is 13.9. The summed E-state index contributed by atoms with van der Waals surface area (Å²) in [7, 11) is 0. The molecule has 0 fully saturated rings. The van der Waals surface area contributed by atoms with Gasteiger partial charge in [-0.2, -0.15) is 0 Å². The van der Waals surface area contributed by atoms with Crippen molar-refractivity contribution in [3.8, 4) is 0 Å². The third-order valence-electron chi connectivity index (χ3n) is 3.15. The van der Waals surface area contributed by atoms with Gasteiger partial charge in [-0.3, -0.25) is 4.79 Å². The van der Waals surface area contributed by atoms with Crippen molar-refractivity contribution in [1.29, 1.82) is 0 Å². The number of aryl methyl sites for hydroxylation is 1. The Morgan fingerprint density at radius 3 is 2.47 bits per heavy atom. The molecule has 0 aliphatic rings. The molecule has 0 bridgehead atoms. The minimum absolute atomic E-state index is 0.0925. The van der Waals surface area contributed by atoms with Crippen LogP contribution < -0.4 is 5.73 Å². The summed E-state index contributed by atoms with van der Waals surface area (Å²) in [4.78, 5) is 12.2. The Labute approximate surface area is 104 Å². The van der Waals surface area contributed by atoms with Gasteiger partial charge in [-0.05, 0) is 32.3 Å². The Balaban J connectivity index is 2.55. The summed E-state index contributed by atoms with van der Waals surface area (Å²) < 4.78 is 0. The van der Waals surface area contributed by atoms with Crippen LogP contribution in [0.2, 0.25) is 0 Å². The van der Waals surface area contributed by atoms with Gasteiger partial charge in [0.15, 0.2) is 5.78 Å². The fourth-order valence-corrected chi connectivity index (χ4v) is 1.99. The lowest BCUT2D eigenvalue weighted by atomic mass is 9.91. The largest absolute Gasteiger partial charge is 0.328 e. The summed E-state index contributed by atoms with van der Waals surface area (Å²) in [5, 5.41) is 0. The molecule has 17 heavy (non-hydrogen) atoms. The smallest absolute Gasteiger partial charge is 0.165 e. The molecule has 2 heteroatoms. The SMILES string of the molecule is Cc1ccccc1C(=O)C(C)CCCC(C)N. The van der Waals surface area contributed by atoms with Crippen LogP contribution in [0.1, 0.15) is 49.0 Å². The zero-order valence-electron chi connectivity index (χ0n) is 11.1. The van der Waals surface area contributed by atoms with Crippen molar-refractivity contribution in [2.75, 3.05) is 0 Å². The highest BCUT2D eigenvalue weighted by Gasteiger charge is 2.16. The zero-order chi connectivity index (χ0) is 12.8. The standard InChI is InChI=1S/C15H23NO/c1-11-7-4-5-10-14(11)15(17)12(2)8-6-9-13(3)16/h4-5,7,10,12-13H,6,8-9,16H2,1-3H3. The summed E-state index contributed by atoms with van der Waals surface area (Å²) in [5.41, 5.74) is 7.63. The quantitative estimate of drug-likeness (QED) is 0.766. The molecular weight excluding hydrogens is 210 g/mol. The number of carbonyl (C=O) groups is 1. The van der Waals surface area contributed by atoms with Crippen molar-refractivity contribution >= 4 is 5.78 Å². The van der Waals surface area contributed by atoms with Crippen LogP contribution in [0.3, 0.4) is 0 Å². The van der Waals surface area contributed by atoms with E-state index in [1.807, 2.05) is 45.0 Å². The summed E-state index contributed by atoms with van der Waals surface area (Å²) >= 11 is 0. The lowest BCUT2D eigenvalue weighted by molar-refractivity contribution is 0.0921. The third-order valence-corrected chi connectivity index (χ3v) is 3.15. The van der Waals surface area contributed by atoms with Gasteiger partial charge >= 0.3 is 0 Å². The predicted octanol–water partition coefficient (Wildman–Crippen LogP) is 3.33. The maximum absolute atomic E-state index is 12.2. The molecule has 0 amide bonds. The first-order chi connectivity index (χ1) is 8.02. The number of carbonyl (C=O) groups excluding carboxylic acids is 1. The summed E-state index contributed by atoms with van der Waals surface area (Å²) in [5.74, 6) is 0.350. The number of Topliss-reactive ketones (excluding diaryl/α,β-unsaturated/α-hetero) is 1. The van der Waals surface area contributed by atoms with Gasteiger partial charge < -0.3 is 5.73 Å².